The molecule has 0 aromatic heterocycles. The van der Waals surface area contributed by atoms with Crippen LogP contribution in [0.4, 0.5) is 4.79 Å². The molecule has 3 rings (SSSR count). The number of rotatable bonds is 3. The molecular weight excluding hydrogens is 414 g/mol. The third-order valence-electron chi connectivity index (χ3n) is 5.04. The average molecular weight is 442 g/mol. The van der Waals surface area contributed by atoms with Gasteiger partial charge < -0.3 is 29.0 Å². The zero-order valence-corrected chi connectivity index (χ0v) is 18.8. The number of carbonyl (C=O) groups is 2. The largest absolute Gasteiger partial charge is 0.465 e. The number of hydrogen-bond acceptors (Lipinski definition) is 7. The quantitative estimate of drug-likeness (QED) is 0.709. The summed E-state index contributed by atoms with van der Waals surface area (Å²) >= 11 is 6.33. The molecule has 8 nitrogen and oxygen atoms in total. The maximum absolute atomic E-state index is 12.0. The van der Waals surface area contributed by atoms with E-state index in [0.29, 0.717) is 42.1 Å². The first-order valence-electron chi connectivity index (χ1n) is 9.84. The lowest BCUT2D eigenvalue weighted by molar-refractivity contribution is -0.185. The molecule has 2 aliphatic heterocycles. The smallest absolute Gasteiger partial charge is 0.407 e. The number of esters is 1. The lowest BCUT2D eigenvalue weighted by Crippen LogP contribution is -2.54. The van der Waals surface area contributed by atoms with Gasteiger partial charge >= 0.3 is 12.1 Å². The highest BCUT2D eigenvalue weighted by Gasteiger charge is 2.48. The Bertz CT molecular complexity index is 843. The number of amides is 1. The van der Waals surface area contributed by atoms with Crippen LogP contribution < -0.4 is 14.8 Å². The zero-order chi connectivity index (χ0) is 22.3. The van der Waals surface area contributed by atoms with E-state index in [9.17, 15) is 9.59 Å². The van der Waals surface area contributed by atoms with Crippen LogP contribution in [0.2, 0.25) is 5.02 Å². The Morgan fingerprint density at radius 1 is 1.23 bits per heavy atom. The fraction of sp³-hybridized carbons (Fsp3) is 0.619. The first-order chi connectivity index (χ1) is 13.9. The highest BCUT2D eigenvalue weighted by atomic mass is 35.5. The normalized spacial score (nSPS) is 25.6. The summed E-state index contributed by atoms with van der Waals surface area (Å²) in [6.45, 7) is 9.25. The van der Waals surface area contributed by atoms with Crippen molar-refractivity contribution < 1.29 is 33.3 Å². The monoisotopic (exact) mass is 441 g/mol. The van der Waals surface area contributed by atoms with E-state index in [4.69, 9.17) is 35.3 Å². The fourth-order valence-corrected chi connectivity index (χ4v) is 3.79. The predicted molar refractivity (Wildman–Crippen MR) is 109 cm³/mol. The Morgan fingerprint density at radius 3 is 2.47 bits per heavy atom. The molecule has 0 radical (unpaired) electrons. The van der Waals surface area contributed by atoms with Crippen LogP contribution in [0.5, 0.6) is 11.5 Å². The summed E-state index contributed by atoms with van der Waals surface area (Å²) in [5, 5.41) is 3.08. The van der Waals surface area contributed by atoms with Crippen molar-refractivity contribution in [3.63, 3.8) is 0 Å². The van der Waals surface area contributed by atoms with Gasteiger partial charge in [0.15, 0.2) is 11.5 Å². The van der Waals surface area contributed by atoms with Crippen LogP contribution in [-0.4, -0.2) is 49.3 Å². The van der Waals surface area contributed by atoms with Crippen LogP contribution >= 0.6 is 11.6 Å². The van der Waals surface area contributed by atoms with Crippen LogP contribution in [0.15, 0.2) is 6.07 Å². The minimum absolute atomic E-state index is 0.167. The molecule has 0 bridgehead atoms. The van der Waals surface area contributed by atoms with Crippen molar-refractivity contribution in [3.05, 3.63) is 22.2 Å². The van der Waals surface area contributed by atoms with Crippen molar-refractivity contribution in [2.24, 2.45) is 0 Å². The summed E-state index contributed by atoms with van der Waals surface area (Å²) in [6.07, 6.45) is 0.395. The number of hydrogen-bond donors (Lipinski definition) is 1. The number of ether oxygens (including phenoxy) is 5. The van der Waals surface area contributed by atoms with Gasteiger partial charge in [0.1, 0.15) is 11.7 Å². The SMILES string of the molecule is COC(=O)c1cc(Cl)c2c(c1C)OC(C)([C@@H]1CC[C@@H](NC(=O)OC(C)(C)C)CO1)O2. The highest BCUT2D eigenvalue weighted by Crippen LogP contribution is 2.49. The minimum Gasteiger partial charge on any atom is -0.465 e. The summed E-state index contributed by atoms with van der Waals surface area (Å²) in [6, 6.07) is 1.35. The van der Waals surface area contributed by atoms with E-state index < -0.39 is 29.6 Å². The molecule has 1 aromatic carbocycles. The molecule has 9 heteroatoms. The topological polar surface area (TPSA) is 92.3 Å². The van der Waals surface area contributed by atoms with Crippen LogP contribution in [0.25, 0.3) is 0 Å². The van der Waals surface area contributed by atoms with E-state index >= 15 is 0 Å². The molecule has 166 valence electrons. The van der Waals surface area contributed by atoms with Crippen LogP contribution in [0.3, 0.4) is 0 Å². The van der Waals surface area contributed by atoms with E-state index in [0.717, 1.165) is 0 Å². The van der Waals surface area contributed by atoms with Gasteiger partial charge in [-0.1, -0.05) is 11.6 Å². The predicted octanol–water partition coefficient (Wildman–Crippen LogP) is 3.99. The number of halogens is 1. The van der Waals surface area contributed by atoms with Crippen LogP contribution in [-0.2, 0) is 14.2 Å². The number of alkyl carbamates (subject to hydrolysis) is 1. The van der Waals surface area contributed by atoms with Gasteiger partial charge in [-0.25, -0.2) is 9.59 Å². The average Bonchev–Trinajstić information content (AvgIpc) is 3.03. The third-order valence-corrected chi connectivity index (χ3v) is 5.32. The second-order valence-corrected chi connectivity index (χ2v) is 9.05. The van der Waals surface area contributed by atoms with Gasteiger partial charge in [-0.05, 0) is 46.6 Å². The van der Waals surface area contributed by atoms with Gasteiger partial charge in [-0.2, -0.15) is 0 Å². The minimum atomic E-state index is -1.11. The molecule has 0 spiro atoms. The van der Waals surface area contributed by atoms with Crippen LogP contribution in [0.1, 0.15) is 56.5 Å². The number of fused-ring (bicyclic) bond motifs is 1. The molecule has 1 amide bonds. The summed E-state index contributed by atoms with van der Waals surface area (Å²) < 4.78 is 28.2. The Labute approximate surface area is 181 Å². The van der Waals surface area contributed by atoms with Crippen LogP contribution in [0, 0.1) is 6.92 Å². The summed E-state index contributed by atoms with van der Waals surface area (Å²) in [7, 11) is 1.31. The van der Waals surface area contributed by atoms with Crippen molar-refractivity contribution in [2.75, 3.05) is 13.7 Å². The summed E-state index contributed by atoms with van der Waals surface area (Å²) in [5.74, 6) is -0.827. The molecule has 0 aliphatic carbocycles. The van der Waals surface area contributed by atoms with E-state index in [1.54, 1.807) is 13.8 Å². The first kappa shape index (κ1) is 22.5. The Hall–Kier alpha value is -2.19. The molecule has 30 heavy (non-hydrogen) atoms. The zero-order valence-electron chi connectivity index (χ0n) is 18.1. The second kappa shape index (κ2) is 8.15. The van der Waals surface area contributed by atoms with E-state index in [2.05, 4.69) is 5.32 Å². The van der Waals surface area contributed by atoms with Gasteiger partial charge in [-0.15, -0.1) is 0 Å². The molecule has 1 unspecified atom stereocenters. The molecule has 1 N–H and O–H groups in total. The van der Waals surface area contributed by atoms with Gasteiger partial charge in [0.2, 0.25) is 0 Å². The number of methoxy groups -OCH3 is 1. The number of benzene rings is 1. The third kappa shape index (κ3) is 4.59. The number of nitrogens with one attached hydrogen (secondary N) is 1. The standard InChI is InChI=1S/C21H28ClNO7/c1-11-13(18(24)26-6)9-14(22)17-16(11)28-21(5,29-17)15-8-7-12(10-27-15)23-19(25)30-20(2,3)4/h9,12,15H,7-8,10H2,1-6H3,(H,23,25)/t12-,15+,21?/m1/s1. The summed E-state index contributed by atoms with van der Waals surface area (Å²) in [4.78, 5) is 24.0. The lowest BCUT2D eigenvalue weighted by Gasteiger charge is -2.37. The molecule has 2 heterocycles. The first-order valence-corrected chi connectivity index (χ1v) is 10.2. The van der Waals surface area contributed by atoms with Gasteiger partial charge in [0, 0.05) is 12.5 Å². The van der Waals surface area contributed by atoms with Gasteiger partial charge in [0.25, 0.3) is 5.79 Å². The van der Waals surface area contributed by atoms with Crippen molar-refractivity contribution >= 4 is 23.7 Å². The maximum atomic E-state index is 12.0. The number of carbonyl (C=O) groups excluding carboxylic acids is 2. The molecular formula is C21H28ClNO7. The molecule has 1 fully saturated rings. The lowest BCUT2D eigenvalue weighted by atomic mass is 9.99. The fourth-order valence-electron chi connectivity index (χ4n) is 3.55. The molecule has 0 saturated carbocycles. The molecule has 1 saturated heterocycles. The Kier molecular flexibility index (Phi) is 6.11. The van der Waals surface area contributed by atoms with Crippen molar-refractivity contribution in [3.8, 4) is 11.5 Å². The van der Waals surface area contributed by atoms with Gasteiger partial charge in [-0.3, -0.25) is 0 Å². The summed E-state index contributed by atoms with van der Waals surface area (Å²) in [5.41, 5.74) is 0.346. The molecule has 1 aromatic rings. The highest BCUT2D eigenvalue weighted by molar-refractivity contribution is 6.32. The van der Waals surface area contributed by atoms with E-state index in [1.807, 2.05) is 20.8 Å². The molecule has 3 atom stereocenters. The Balaban J connectivity index is 1.67. The van der Waals surface area contributed by atoms with E-state index in [1.165, 1.54) is 13.2 Å². The second-order valence-electron chi connectivity index (χ2n) is 8.64. The van der Waals surface area contributed by atoms with Crippen molar-refractivity contribution in [1.29, 1.82) is 0 Å². The van der Waals surface area contributed by atoms with Gasteiger partial charge in [0.05, 0.1) is 30.3 Å². The Morgan fingerprint density at radius 2 is 1.90 bits per heavy atom. The van der Waals surface area contributed by atoms with E-state index in [-0.39, 0.29) is 11.1 Å². The maximum Gasteiger partial charge on any atom is 0.407 e. The van der Waals surface area contributed by atoms with Crippen molar-refractivity contribution in [1.82, 2.24) is 5.32 Å². The molecule has 2 aliphatic rings. The van der Waals surface area contributed by atoms with Crippen molar-refractivity contribution in [2.45, 2.75) is 71.0 Å².